The standard InChI is InChI=1S/C24H17N2P/c1-2-12-20(13-3-1)27(21-14-4-8-18-10-6-16-25-23(18)21)22-15-5-9-19-11-7-17-26-24(19)22/h1-17H. The number of nitrogens with zero attached hydrogens (tertiary/aromatic N) is 2. The molecular weight excluding hydrogens is 347 g/mol. The Morgan fingerprint density at radius 3 is 1.56 bits per heavy atom. The van der Waals surface area contributed by atoms with Gasteiger partial charge < -0.3 is 0 Å². The van der Waals surface area contributed by atoms with E-state index < -0.39 is 7.92 Å². The van der Waals surface area contributed by atoms with Crippen LogP contribution in [0.2, 0.25) is 0 Å². The summed E-state index contributed by atoms with van der Waals surface area (Å²) in [7, 11) is -0.771. The molecule has 128 valence electrons. The predicted octanol–water partition coefficient (Wildman–Crippen LogP) is 4.54. The monoisotopic (exact) mass is 364 g/mol. The molecule has 2 nitrogen and oxygen atoms in total. The smallest absolute Gasteiger partial charge is 0.0785 e. The van der Waals surface area contributed by atoms with Crippen molar-refractivity contribution in [3.63, 3.8) is 0 Å². The Hall–Kier alpha value is -3.09. The van der Waals surface area contributed by atoms with Gasteiger partial charge in [0.05, 0.1) is 11.0 Å². The van der Waals surface area contributed by atoms with Gasteiger partial charge in [-0.1, -0.05) is 78.9 Å². The Labute approximate surface area is 159 Å². The second kappa shape index (κ2) is 6.90. The van der Waals surface area contributed by atoms with Crippen LogP contribution in [0.25, 0.3) is 21.8 Å². The lowest BCUT2D eigenvalue weighted by atomic mass is 10.2. The number of hydrogen-bond acceptors (Lipinski definition) is 2. The van der Waals surface area contributed by atoms with E-state index >= 15 is 0 Å². The molecule has 5 rings (SSSR count). The fourth-order valence-electron chi connectivity index (χ4n) is 3.52. The summed E-state index contributed by atoms with van der Waals surface area (Å²) in [6, 6.07) is 32.0. The van der Waals surface area contributed by atoms with Crippen molar-refractivity contribution in [2.45, 2.75) is 0 Å². The molecule has 3 heteroatoms. The predicted molar refractivity (Wildman–Crippen MR) is 116 cm³/mol. The number of aromatic nitrogens is 2. The topological polar surface area (TPSA) is 25.8 Å². The summed E-state index contributed by atoms with van der Waals surface area (Å²) in [6.07, 6.45) is 3.76. The molecule has 5 aromatic rings. The Morgan fingerprint density at radius 1 is 0.481 bits per heavy atom. The second-order valence-electron chi connectivity index (χ2n) is 6.38. The van der Waals surface area contributed by atoms with Crippen LogP contribution in [0.3, 0.4) is 0 Å². The van der Waals surface area contributed by atoms with Crippen LogP contribution in [0.15, 0.2) is 103 Å². The lowest BCUT2D eigenvalue weighted by Gasteiger charge is -2.21. The fraction of sp³-hybridized carbons (Fsp3) is 0. The van der Waals surface area contributed by atoms with Crippen molar-refractivity contribution >= 4 is 45.6 Å². The summed E-state index contributed by atoms with van der Waals surface area (Å²) in [5.41, 5.74) is 2.14. The average Bonchev–Trinajstić information content (AvgIpc) is 2.75. The zero-order valence-electron chi connectivity index (χ0n) is 14.7. The molecule has 0 aliphatic rings. The Bertz CT molecular complexity index is 1150. The molecule has 0 bridgehead atoms. The molecule has 2 aromatic heterocycles. The molecule has 0 saturated carbocycles. The van der Waals surface area contributed by atoms with E-state index in [2.05, 4.69) is 78.9 Å². The summed E-state index contributed by atoms with van der Waals surface area (Å²) >= 11 is 0. The second-order valence-corrected chi connectivity index (χ2v) is 8.53. The number of pyridine rings is 2. The molecule has 2 heterocycles. The summed E-state index contributed by atoms with van der Waals surface area (Å²) in [6.45, 7) is 0. The largest absolute Gasteiger partial charge is 0.256 e. The molecule has 0 unspecified atom stereocenters. The molecular formula is C24H17N2P. The SMILES string of the molecule is c1ccc(P(c2cccc3cccnc23)c2cccc3cccnc23)cc1. The number of hydrogen-bond donors (Lipinski definition) is 0. The van der Waals surface area contributed by atoms with Gasteiger partial charge in [0.15, 0.2) is 0 Å². The van der Waals surface area contributed by atoms with Crippen LogP contribution < -0.4 is 15.9 Å². The van der Waals surface area contributed by atoms with E-state index in [4.69, 9.17) is 9.97 Å². The first kappa shape index (κ1) is 16.1. The minimum Gasteiger partial charge on any atom is -0.256 e. The maximum atomic E-state index is 4.73. The van der Waals surface area contributed by atoms with Crippen molar-refractivity contribution in [2.75, 3.05) is 0 Å². The van der Waals surface area contributed by atoms with E-state index in [0.717, 1.165) is 11.0 Å². The molecule has 0 aliphatic carbocycles. The van der Waals surface area contributed by atoms with Crippen molar-refractivity contribution in [3.8, 4) is 0 Å². The summed E-state index contributed by atoms with van der Waals surface area (Å²) < 4.78 is 0. The van der Waals surface area contributed by atoms with E-state index in [9.17, 15) is 0 Å². The highest BCUT2D eigenvalue weighted by Gasteiger charge is 2.21. The van der Waals surface area contributed by atoms with Crippen LogP contribution >= 0.6 is 7.92 Å². The maximum absolute atomic E-state index is 4.73. The van der Waals surface area contributed by atoms with Gasteiger partial charge in [-0.3, -0.25) is 9.97 Å². The number of para-hydroxylation sites is 2. The normalized spacial score (nSPS) is 11.3. The number of benzene rings is 3. The van der Waals surface area contributed by atoms with Gasteiger partial charge in [0.2, 0.25) is 0 Å². The van der Waals surface area contributed by atoms with Crippen molar-refractivity contribution < 1.29 is 0 Å². The molecule has 0 amide bonds. The van der Waals surface area contributed by atoms with Crippen LogP contribution in [0, 0.1) is 0 Å². The molecule has 27 heavy (non-hydrogen) atoms. The minimum absolute atomic E-state index is 0.771. The van der Waals surface area contributed by atoms with Crippen molar-refractivity contribution in [1.29, 1.82) is 0 Å². The van der Waals surface area contributed by atoms with Crippen molar-refractivity contribution in [3.05, 3.63) is 103 Å². The third kappa shape index (κ3) is 2.89. The molecule has 0 aliphatic heterocycles. The molecule has 3 aromatic carbocycles. The zero-order valence-corrected chi connectivity index (χ0v) is 15.6. The first-order chi connectivity index (χ1) is 13.4. The van der Waals surface area contributed by atoms with Gasteiger partial charge in [-0.05, 0) is 25.4 Å². The molecule has 0 saturated heterocycles. The first-order valence-electron chi connectivity index (χ1n) is 8.94. The molecule has 0 spiro atoms. The highest BCUT2D eigenvalue weighted by Crippen LogP contribution is 2.37. The first-order valence-corrected chi connectivity index (χ1v) is 10.3. The Kier molecular flexibility index (Phi) is 4.12. The third-order valence-electron chi connectivity index (χ3n) is 4.72. The van der Waals surface area contributed by atoms with Gasteiger partial charge >= 0.3 is 0 Å². The van der Waals surface area contributed by atoms with E-state index in [0.29, 0.717) is 0 Å². The van der Waals surface area contributed by atoms with Gasteiger partial charge in [0.25, 0.3) is 0 Å². The van der Waals surface area contributed by atoms with Gasteiger partial charge in [-0.2, -0.15) is 0 Å². The molecule has 0 radical (unpaired) electrons. The zero-order chi connectivity index (χ0) is 18.1. The minimum atomic E-state index is -0.771. The highest BCUT2D eigenvalue weighted by molar-refractivity contribution is 7.80. The molecule has 0 fully saturated rings. The lowest BCUT2D eigenvalue weighted by Crippen LogP contribution is -2.22. The molecule has 0 N–H and O–H groups in total. The van der Waals surface area contributed by atoms with Gasteiger partial charge in [-0.25, -0.2) is 0 Å². The van der Waals surface area contributed by atoms with Crippen LogP contribution in [0.4, 0.5) is 0 Å². The van der Waals surface area contributed by atoms with Crippen LogP contribution in [-0.2, 0) is 0 Å². The average molecular weight is 364 g/mol. The van der Waals surface area contributed by atoms with Crippen molar-refractivity contribution in [1.82, 2.24) is 9.97 Å². The van der Waals surface area contributed by atoms with Crippen molar-refractivity contribution in [2.24, 2.45) is 0 Å². The molecule has 0 atom stereocenters. The summed E-state index contributed by atoms with van der Waals surface area (Å²) in [4.78, 5) is 9.46. The van der Waals surface area contributed by atoms with E-state index in [1.807, 2.05) is 24.5 Å². The van der Waals surface area contributed by atoms with Crippen LogP contribution in [0.1, 0.15) is 0 Å². The Morgan fingerprint density at radius 2 is 1.00 bits per heavy atom. The van der Waals surface area contributed by atoms with Gasteiger partial charge in [0.1, 0.15) is 0 Å². The van der Waals surface area contributed by atoms with Gasteiger partial charge in [-0.15, -0.1) is 0 Å². The number of fused-ring (bicyclic) bond motifs is 2. The summed E-state index contributed by atoms with van der Waals surface area (Å²) in [5, 5.41) is 6.20. The maximum Gasteiger partial charge on any atom is 0.0785 e. The fourth-order valence-corrected chi connectivity index (χ4v) is 6.08. The van der Waals surface area contributed by atoms with Gasteiger partial charge in [0, 0.05) is 33.8 Å². The third-order valence-corrected chi connectivity index (χ3v) is 7.22. The quantitative estimate of drug-likeness (QED) is 0.439. The van der Waals surface area contributed by atoms with Crippen LogP contribution in [0.5, 0.6) is 0 Å². The van der Waals surface area contributed by atoms with E-state index in [1.54, 1.807) is 0 Å². The van der Waals surface area contributed by atoms with E-state index in [1.165, 1.54) is 26.7 Å². The van der Waals surface area contributed by atoms with Crippen LogP contribution in [-0.4, -0.2) is 9.97 Å². The summed E-state index contributed by atoms with van der Waals surface area (Å²) in [5.74, 6) is 0. The Balaban J connectivity index is 1.85. The number of rotatable bonds is 3. The highest BCUT2D eigenvalue weighted by atomic mass is 31.1. The van der Waals surface area contributed by atoms with E-state index in [-0.39, 0.29) is 0 Å². The lowest BCUT2D eigenvalue weighted by molar-refractivity contribution is 1.42.